The minimum atomic E-state index is -1.50. The van der Waals surface area contributed by atoms with Gasteiger partial charge in [0.05, 0.1) is 61.9 Å². The van der Waals surface area contributed by atoms with Gasteiger partial charge in [0.25, 0.3) is 5.09 Å². The molecule has 14 aliphatic heterocycles. The fourth-order valence-electron chi connectivity index (χ4n) is 21.5. The number of nitriles is 1. The number of phenolic OH excluding ortho intramolecular Hbond substituents is 2. The molecule has 0 aliphatic carbocycles. The van der Waals surface area contributed by atoms with Gasteiger partial charge in [0.2, 0.25) is 13.6 Å². The standard InChI is InChI=1S/C41H44N6O6S.C40H45N5O7S.CH4.Ag.HNO3/c1-18-10-21-11-26-27(14-43)47-28-15-51-40(49)41(39-24(12-22(13-42)45-41)23-8-6-7-9-25(23)44-39)16-54-38(29-19(2)20(3)36-37(31(28)29)53-17-52-36)33(47)32(46(26)4)30(21)34(48)35(18)50-5;1-17-10-20-11-25-38(47)45-26-14-50-39(48)40(37-23(12-21(13-41)43-40)22-8-6-7-9-24(22)42-37)15-53-36(27-18(2)19(3)34-35(29(26)27)52-16-51-34)31(45)30(44(25)4)28(20)32(46)33(17)49-5;;;2-1(3)4/h6-10,22,26-28,32-33,38,44-45,48H,11-13,15-17,42H2,1-5H3;6-10,21,25-26,30-31,36,38,42-43,46-47H,11-16,41H2,1-5H3;1H4;;(H,2,3,4)/t22-,26+,27+,28+,32-,33-,38-,41-;21-,25+,26+,30-,31-,36-,38+,40-;;;/m11.../s1. The first kappa shape index (κ1) is 78.4. The van der Waals surface area contributed by atoms with Crippen LogP contribution in [0.5, 0.6) is 46.0 Å². The SMILES string of the molecule is C.COc1c(C)cc2c(c1O)[C@@H]1[C@@H]3[C@@H]4SC[C@]5(N[C@@H](CN)Cc6c5[nH]c5ccccc65)C(=O)OC[C@@H](c5c6c(c(C)c(C)c54)OCO6)N3[C@@H](C#N)[C@H](C2)N1C.COc1c(C)cc2c(c1O)[C@@H]1[C@@H]3[C@@H]4SC[C@]5(N[C@@H](CN)Cc6c5[nH]c5ccccc65)C(=O)OC[C@@H](c5c6c(c(C)c(C)c54)OCO6)N3[C@@H](O)[C@H](C2)N1C.O=[N+]([O-])O.[Ag]. The molecule has 113 heavy (non-hydrogen) atoms. The van der Waals surface area contributed by atoms with Crippen molar-refractivity contribution >= 4 is 57.3 Å². The van der Waals surface area contributed by atoms with E-state index in [-0.39, 0.29) is 139 Å². The number of rotatable bonds is 4. The Morgan fingerprint density at radius 3 is 1.46 bits per heavy atom. The Bertz CT molecular complexity index is 5310. The third-order valence-corrected chi connectivity index (χ3v) is 29.4. The zero-order valence-electron chi connectivity index (χ0n) is 63.5. The number of para-hydroxylation sites is 2. The van der Waals surface area contributed by atoms with E-state index in [0.29, 0.717) is 84.8 Å². The zero-order valence-corrected chi connectivity index (χ0v) is 66.6. The molecular formula is C82H94AgN12O16S2. The largest absolute Gasteiger partial charge is 0.504 e. The molecule has 601 valence electrons. The molecule has 14 aliphatic rings. The van der Waals surface area contributed by atoms with Crippen LogP contribution in [0.25, 0.3) is 21.8 Å². The number of aryl methyl sites for hydroxylation is 2. The van der Waals surface area contributed by atoms with Crippen LogP contribution in [0.2, 0.25) is 0 Å². The van der Waals surface area contributed by atoms with Gasteiger partial charge in [-0.25, -0.2) is 9.59 Å². The number of aliphatic hydroxyl groups is 1. The number of aliphatic hydroxyl groups excluding tert-OH is 1. The minimum absolute atomic E-state index is 0. The maximum absolute atomic E-state index is 15.0. The Morgan fingerprint density at radius 2 is 1.03 bits per heavy atom. The molecule has 16 heterocycles. The van der Waals surface area contributed by atoms with Crippen molar-refractivity contribution in [3.8, 4) is 52.1 Å². The Morgan fingerprint density at radius 1 is 0.619 bits per heavy atom. The molecule has 22 rings (SSSR count). The van der Waals surface area contributed by atoms with E-state index in [1.54, 1.807) is 37.7 Å². The number of ether oxygens (including phenoxy) is 8. The molecule has 4 saturated heterocycles. The summed E-state index contributed by atoms with van der Waals surface area (Å²) in [7, 11) is 7.31. The summed E-state index contributed by atoms with van der Waals surface area (Å²) in [5.41, 5.74) is 29.6. The smallest absolute Gasteiger partial charge is 0.333 e. The van der Waals surface area contributed by atoms with Crippen LogP contribution in [0, 0.1) is 63.0 Å². The van der Waals surface area contributed by atoms with Crippen molar-refractivity contribution in [1.82, 2.24) is 40.2 Å². The van der Waals surface area contributed by atoms with Crippen molar-refractivity contribution in [2.24, 2.45) is 11.5 Å². The first-order chi connectivity index (χ1) is 53.4. The quantitative estimate of drug-likeness (QED) is 0.0341. The fraction of sp³-hybridized carbons (Fsp3) is 0.476. The van der Waals surface area contributed by atoms with Gasteiger partial charge in [0.1, 0.15) is 25.5 Å². The van der Waals surface area contributed by atoms with Crippen LogP contribution in [0.4, 0.5) is 0 Å². The van der Waals surface area contributed by atoms with Crippen LogP contribution < -0.4 is 50.5 Å². The summed E-state index contributed by atoms with van der Waals surface area (Å²) >= 11 is 3.37. The van der Waals surface area contributed by atoms with Crippen LogP contribution in [0.15, 0.2) is 60.7 Å². The average Bonchev–Trinajstić information content (AvgIpc) is 1.23. The van der Waals surface area contributed by atoms with E-state index in [2.05, 4.69) is 105 Å². The van der Waals surface area contributed by atoms with E-state index in [0.717, 1.165) is 122 Å². The molecule has 31 heteroatoms. The van der Waals surface area contributed by atoms with Crippen molar-refractivity contribution in [2.45, 2.75) is 169 Å². The van der Waals surface area contributed by atoms with Crippen molar-refractivity contribution in [3.63, 3.8) is 0 Å². The summed E-state index contributed by atoms with van der Waals surface area (Å²) in [6, 6.07) is 19.5. The number of esters is 2. The van der Waals surface area contributed by atoms with Gasteiger partial charge < -0.3 is 79.9 Å². The molecule has 16 atom stereocenters. The summed E-state index contributed by atoms with van der Waals surface area (Å²) in [5, 5.41) is 70.5. The number of thioether (sulfide) groups is 2. The molecule has 28 nitrogen and oxygen atoms in total. The van der Waals surface area contributed by atoms with Gasteiger partial charge >= 0.3 is 11.9 Å². The number of hydrogen-bond donors (Lipinski definition) is 10. The number of hydrogen-bond acceptors (Lipinski definition) is 26. The number of H-pyrrole nitrogens is 2. The van der Waals surface area contributed by atoms with E-state index in [1.807, 2.05) is 57.3 Å². The number of benzene rings is 6. The van der Waals surface area contributed by atoms with Crippen LogP contribution in [-0.2, 0) is 78.2 Å². The normalized spacial score (nSPS) is 29.8. The Balaban J connectivity index is 0.000000160. The number of nitrogens with zero attached hydrogens (tertiary/aromatic N) is 6. The van der Waals surface area contributed by atoms with Gasteiger partial charge in [-0.3, -0.25) is 30.2 Å². The van der Waals surface area contributed by atoms with Crippen LogP contribution >= 0.6 is 23.5 Å². The second kappa shape index (κ2) is 29.0. The van der Waals surface area contributed by atoms with Crippen molar-refractivity contribution in [3.05, 3.63) is 171 Å². The number of aromatic nitrogens is 2. The van der Waals surface area contributed by atoms with Crippen molar-refractivity contribution < 1.29 is 95.5 Å². The van der Waals surface area contributed by atoms with Crippen molar-refractivity contribution in [2.75, 3.05) is 79.7 Å². The molecule has 8 aromatic rings. The van der Waals surface area contributed by atoms with E-state index >= 15 is 0 Å². The summed E-state index contributed by atoms with van der Waals surface area (Å²) in [6.07, 6.45) is 1.55. The average molecular weight is 1680 g/mol. The molecule has 6 aromatic carbocycles. The number of fused-ring (bicyclic) bond motifs is 22. The fourth-order valence-corrected chi connectivity index (χ4v) is 25.0. The van der Waals surface area contributed by atoms with Gasteiger partial charge in [0.15, 0.2) is 57.1 Å². The zero-order chi connectivity index (χ0) is 77.6. The van der Waals surface area contributed by atoms with Gasteiger partial charge in [0, 0.05) is 132 Å². The predicted octanol–water partition coefficient (Wildman–Crippen LogP) is 8.64. The number of likely N-dealkylation sites (N-methyl/N-ethyl adjacent to an activating group) is 2. The van der Waals surface area contributed by atoms with Gasteiger partial charge in [-0.15, -0.1) is 33.6 Å². The Kier molecular flexibility index (Phi) is 20.2. The van der Waals surface area contributed by atoms with Gasteiger partial charge in [-0.05, 0) is 160 Å². The molecule has 12 N–H and O–H groups in total. The van der Waals surface area contributed by atoms with E-state index in [1.165, 1.54) is 0 Å². The van der Waals surface area contributed by atoms with E-state index < -0.39 is 40.5 Å². The molecule has 4 fully saturated rings. The summed E-state index contributed by atoms with van der Waals surface area (Å²) < 4.78 is 49.5. The topological polar surface area (TPSA) is 376 Å². The first-order valence-corrected chi connectivity index (χ1v) is 39.8. The second-order valence-electron chi connectivity index (χ2n) is 31.6. The number of carbonyl (C=O) groups is 2. The molecule has 0 unspecified atom stereocenters. The summed E-state index contributed by atoms with van der Waals surface area (Å²) in [5.74, 6) is 3.78. The van der Waals surface area contributed by atoms with Crippen LogP contribution in [0.1, 0.15) is 142 Å². The number of carbonyl (C=O) groups excluding carboxylic acids is 2. The van der Waals surface area contributed by atoms with Gasteiger partial charge in [-0.2, -0.15) is 5.26 Å². The Labute approximate surface area is 677 Å². The van der Waals surface area contributed by atoms with E-state index in [4.69, 9.17) is 64.7 Å². The number of piperazine rings is 2. The number of aromatic amines is 2. The molecular weight excluding hydrogens is 1580 g/mol. The number of methoxy groups -OCH3 is 2. The molecule has 1 radical (unpaired) electrons. The van der Waals surface area contributed by atoms with Crippen molar-refractivity contribution in [1.29, 1.82) is 5.26 Å². The van der Waals surface area contributed by atoms with E-state index in [9.17, 15) is 30.2 Å². The Hall–Kier alpha value is -8.49. The maximum atomic E-state index is 15.0. The second-order valence-corrected chi connectivity index (χ2v) is 33.8. The number of nitrogens with one attached hydrogen (secondary N) is 4. The predicted molar refractivity (Wildman–Crippen MR) is 418 cm³/mol. The van der Waals surface area contributed by atoms with Crippen LogP contribution in [-0.4, -0.2) is 195 Å². The molecule has 2 spiro atoms. The molecule has 2 aromatic heterocycles. The number of nitrogens with two attached hydrogens (primary N) is 2. The number of aromatic hydroxyl groups is 2. The van der Waals surface area contributed by atoms with Crippen LogP contribution in [0.3, 0.4) is 0 Å². The third-order valence-electron chi connectivity index (χ3n) is 26.5. The minimum Gasteiger partial charge on any atom is -0.504 e. The molecule has 0 saturated carbocycles. The number of phenols is 2. The molecule has 0 amide bonds. The first-order valence-electron chi connectivity index (χ1n) is 37.7. The maximum Gasteiger partial charge on any atom is 0.333 e. The summed E-state index contributed by atoms with van der Waals surface area (Å²) in [6.45, 7) is 13.1. The van der Waals surface area contributed by atoms with Gasteiger partial charge in [-0.1, -0.05) is 56.0 Å². The molecule has 8 bridgehead atoms. The summed E-state index contributed by atoms with van der Waals surface area (Å²) in [4.78, 5) is 54.5. The third kappa shape index (κ3) is 11.3. The monoisotopic (exact) mass is 1670 g/mol.